The first-order valence-electron chi connectivity index (χ1n) is 6.63. The van der Waals surface area contributed by atoms with E-state index in [9.17, 15) is 19.7 Å². The highest BCUT2D eigenvalue weighted by Crippen LogP contribution is 2.17. The number of carbonyl (C=O) groups is 2. The van der Waals surface area contributed by atoms with Crippen molar-refractivity contribution < 1.29 is 24.7 Å². The smallest absolute Gasteiger partial charge is 0.328 e. The fourth-order valence-electron chi connectivity index (χ4n) is 1.74. The van der Waals surface area contributed by atoms with Gasteiger partial charge in [-0.05, 0) is 12.8 Å². The number of carboxylic acids is 2. The van der Waals surface area contributed by atoms with Crippen LogP contribution >= 0.6 is 0 Å². The average Bonchev–Trinajstić information content (AvgIpc) is 2.99. The normalized spacial score (nSPS) is 14.1. The Bertz CT molecular complexity index is 582. The molecule has 1 saturated heterocycles. The molecule has 23 heavy (non-hydrogen) atoms. The SMILES string of the molecule is O=C(O)/C=C/C(=O)O.O=[N+]([O-])c1cncc(NN2CCCC2)c1. The maximum absolute atomic E-state index is 10.5. The monoisotopic (exact) mass is 324 g/mol. The van der Waals surface area contributed by atoms with Crippen molar-refractivity contribution in [1.82, 2.24) is 9.99 Å². The number of nitrogens with zero attached hydrogens (tertiary/aromatic N) is 3. The van der Waals surface area contributed by atoms with E-state index in [4.69, 9.17) is 10.2 Å². The molecule has 1 aromatic heterocycles. The number of nitrogens with one attached hydrogen (secondary N) is 1. The number of hydrazine groups is 1. The first-order chi connectivity index (χ1) is 10.9. The quantitative estimate of drug-likeness (QED) is 0.412. The molecule has 2 heterocycles. The van der Waals surface area contributed by atoms with Crippen LogP contribution in [0.3, 0.4) is 0 Å². The minimum Gasteiger partial charge on any atom is -0.478 e. The molecule has 3 N–H and O–H groups in total. The lowest BCUT2D eigenvalue weighted by atomic mass is 10.4. The number of hydrogen-bond donors (Lipinski definition) is 3. The van der Waals surface area contributed by atoms with E-state index in [0.29, 0.717) is 17.8 Å². The number of anilines is 1. The van der Waals surface area contributed by atoms with Gasteiger partial charge in [0.05, 0.1) is 16.8 Å². The summed E-state index contributed by atoms with van der Waals surface area (Å²) < 4.78 is 0. The molecule has 0 aromatic carbocycles. The van der Waals surface area contributed by atoms with Crippen LogP contribution in [0.25, 0.3) is 0 Å². The summed E-state index contributed by atoms with van der Waals surface area (Å²) in [5, 5.41) is 28.2. The van der Waals surface area contributed by atoms with Crippen molar-refractivity contribution in [2.75, 3.05) is 18.5 Å². The number of carboxylic acid groups (broad SMARTS) is 2. The molecule has 0 atom stereocenters. The lowest BCUT2D eigenvalue weighted by molar-refractivity contribution is -0.385. The summed E-state index contributed by atoms with van der Waals surface area (Å²) in [5.41, 5.74) is 3.79. The molecule has 0 radical (unpaired) electrons. The first kappa shape index (κ1) is 18.0. The highest BCUT2D eigenvalue weighted by Gasteiger charge is 2.13. The van der Waals surface area contributed by atoms with Crippen molar-refractivity contribution in [1.29, 1.82) is 0 Å². The molecular weight excluding hydrogens is 308 g/mol. The van der Waals surface area contributed by atoms with Crippen LogP contribution in [0.4, 0.5) is 11.4 Å². The van der Waals surface area contributed by atoms with Gasteiger partial charge in [0.1, 0.15) is 6.20 Å². The topological polar surface area (TPSA) is 146 Å². The van der Waals surface area contributed by atoms with E-state index >= 15 is 0 Å². The van der Waals surface area contributed by atoms with Crippen molar-refractivity contribution in [2.24, 2.45) is 0 Å². The lowest BCUT2D eigenvalue weighted by Gasteiger charge is -2.16. The van der Waals surface area contributed by atoms with Gasteiger partial charge in [0, 0.05) is 31.3 Å². The molecule has 124 valence electrons. The minimum absolute atomic E-state index is 0.0131. The zero-order valence-corrected chi connectivity index (χ0v) is 12.1. The third kappa shape index (κ3) is 7.52. The van der Waals surface area contributed by atoms with E-state index < -0.39 is 16.9 Å². The fourth-order valence-corrected chi connectivity index (χ4v) is 1.74. The summed E-state index contributed by atoms with van der Waals surface area (Å²) in [7, 11) is 0. The van der Waals surface area contributed by atoms with Crippen molar-refractivity contribution >= 4 is 23.3 Å². The number of hydrogen-bond acceptors (Lipinski definition) is 7. The molecular formula is C13H16N4O6. The first-order valence-corrected chi connectivity index (χ1v) is 6.63. The van der Waals surface area contributed by atoms with Crippen LogP contribution in [-0.4, -0.2) is 50.2 Å². The predicted octanol–water partition coefficient (Wildman–Crippen LogP) is 1.12. The van der Waals surface area contributed by atoms with Gasteiger partial charge in [-0.2, -0.15) is 0 Å². The number of aromatic nitrogens is 1. The molecule has 0 spiro atoms. The molecule has 1 aliphatic rings. The summed E-state index contributed by atoms with van der Waals surface area (Å²) >= 11 is 0. The van der Waals surface area contributed by atoms with Gasteiger partial charge in [0.2, 0.25) is 0 Å². The van der Waals surface area contributed by atoms with Gasteiger partial charge in [0.15, 0.2) is 0 Å². The van der Waals surface area contributed by atoms with Crippen molar-refractivity contribution in [2.45, 2.75) is 12.8 Å². The summed E-state index contributed by atoms with van der Waals surface area (Å²) in [4.78, 5) is 33.0. The molecule has 1 fully saturated rings. The second kappa shape index (κ2) is 9.10. The molecule has 1 aliphatic heterocycles. The second-order valence-corrected chi connectivity index (χ2v) is 4.50. The van der Waals surface area contributed by atoms with Crippen LogP contribution in [0.5, 0.6) is 0 Å². The molecule has 0 bridgehead atoms. The Labute approximate surface area is 131 Å². The third-order valence-electron chi connectivity index (χ3n) is 2.70. The third-order valence-corrected chi connectivity index (χ3v) is 2.70. The van der Waals surface area contributed by atoms with Gasteiger partial charge in [-0.15, -0.1) is 0 Å². The zero-order chi connectivity index (χ0) is 17.2. The largest absolute Gasteiger partial charge is 0.478 e. The lowest BCUT2D eigenvalue weighted by Crippen LogP contribution is -2.26. The van der Waals surface area contributed by atoms with Crippen LogP contribution in [0, 0.1) is 10.1 Å². The summed E-state index contributed by atoms with van der Waals surface area (Å²) in [5.74, 6) is -2.51. The fraction of sp³-hybridized carbons (Fsp3) is 0.308. The molecule has 0 amide bonds. The van der Waals surface area contributed by atoms with Gasteiger partial charge in [-0.25, -0.2) is 14.6 Å². The predicted molar refractivity (Wildman–Crippen MR) is 79.7 cm³/mol. The standard InChI is InChI=1S/C9H12N4O2.C4H4O4/c14-13(15)9-5-8(6-10-7-9)11-12-3-1-2-4-12;5-3(6)1-2-4(7)8/h5-7,11H,1-4H2;1-2H,(H,5,6)(H,7,8)/b;2-1+. The maximum Gasteiger partial charge on any atom is 0.328 e. The number of rotatable bonds is 5. The highest BCUT2D eigenvalue weighted by atomic mass is 16.6. The van der Waals surface area contributed by atoms with Gasteiger partial charge < -0.3 is 15.6 Å². The van der Waals surface area contributed by atoms with Crippen LogP contribution in [-0.2, 0) is 9.59 Å². The number of nitro groups is 1. The van der Waals surface area contributed by atoms with E-state index in [0.717, 1.165) is 25.9 Å². The van der Waals surface area contributed by atoms with Crippen molar-refractivity contribution in [3.8, 4) is 0 Å². The van der Waals surface area contributed by atoms with Crippen LogP contribution in [0.15, 0.2) is 30.6 Å². The Morgan fingerprint density at radius 1 is 1.22 bits per heavy atom. The van der Waals surface area contributed by atoms with Gasteiger partial charge in [0.25, 0.3) is 5.69 Å². The van der Waals surface area contributed by atoms with Gasteiger partial charge in [-0.1, -0.05) is 0 Å². The molecule has 10 heteroatoms. The molecule has 0 unspecified atom stereocenters. The number of aliphatic carboxylic acids is 2. The van der Waals surface area contributed by atoms with E-state index in [-0.39, 0.29) is 5.69 Å². The Morgan fingerprint density at radius 3 is 2.26 bits per heavy atom. The van der Waals surface area contributed by atoms with Gasteiger partial charge in [-0.3, -0.25) is 15.1 Å². The minimum atomic E-state index is -1.26. The van der Waals surface area contributed by atoms with E-state index in [2.05, 4.69) is 10.4 Å². The zero-order valence-electron chi connectivity index (χ0n) is 12.1. The van der Waals surface area contributed by atoms with Crippen LogP contribution < -0.4 is 5.43 Å². The van der Waals surface area contributed by atoms with Gasteiger partial charge >= 0.3 is 11.9 Å². The van der Waals surface area contributed by atoms with Crippen molar-refractivity contribution in [3.63, 3.8) is 0 Å². The Hall–Kier alpha value is -3.01. The van der Waals surface area contributed by atoms with Crippen LogP contribution in [0.2, 0.25) is 0 Å². The van der Waals surface area contributed by atoms with E-state index in [1.807, 2.05) is 5.01 Å². The molecule has 0 aliphatic carbocycles. The number of pyridine rings is 1. The average molecular weight is 324 g/mol. The van der Waals surface area contributed by atoms with Crippen LogP contribution in [0.1, 0.15) is 12.8 Å². The second-order valence-electron chi connectivity index (χ2n) is 4.50. The Balaban J connectivity index is 0.000000284. The summed E-state index contributed by atoms with van der Waals surface area (Å²) in [6, 6.07) is 1.49. The Kier molecular flexibility index (Phi) is 7.14. The molecule has 0 saturated carbocycles. The molecule has 2 rings (SSSR count). The van der Waals surface area contributed by atoms with E-state index in [1.165, 1.54) is 12.3 Å². The molecule has 10 nitrogen and oxygen atoms in total. The summed E-state index contributed by atoms with van der Waals surface area (Å²) in [6.07, 6.45) is 6.27. The van der Waals surface area contributed by atoms with Crippen molar-refractivity contribution in [3.05, 3.63) is 40.7 Å². The Morgan fingerprint density at radius 2 is 1.78 bits per heavy atom. The summed E-state index contributed by atoms with van der Waals surface area (Å²) in [6.45, 7) is 1.95. The maximum atomic E-state index is 10.5. The molecule has 1 aromatic rings. The highest BCUT2D eigenvalue weighted by molar-refractivity contribution is 5.89. The van der Waals surface area contributed by atoms with E-state index in [1.54, 1.807) is 6.20 Å².